The van der Waals surface area contributed by atoms with Crippen LogP contribution in [0, 0.1) is 18.1 Å². The van der Waals surface area contributed by atoms with Crippen molar-refractivity contribution in [2.24, 2.45) is 5.92 Å². The molecule has 0 aliphatic carbocycles. The molecule has 0 amide bonds. The standard InChI is InChI=1S/C31H28N2S.C17H23N2Si.Ir/c1-19(2)22-11-9-12-23(20(3)4)30(22)33-27-14-7-6-13-26(27)32-31(33)21-16-17-29-25(18-21)24-10-5-8-15-28(24)34-29;1-13(2)10-15-11-16(14-6-8-18-9-7-14)19-12-17(15)20(3,4)5;/h5-15,17-20,31H,1-4H3;6,8-9,11-13H,10H2,1-5H3;/q-2;-1;+3. The van der Waals surface area contributed by atoms with Gasteiger partial charge in [0.1, 0.15) is 0 Å². The number of fused-ring (bicyclic) bond motifs is 4. The Morgan fingerprint density at radius 3 is 2.18 bits per heavy atom. The normalized spacial score (nSPS) is 13.9. The summed E-state index contributed by atoms with van der Waals surface area (Å²) in [6, 6.07) is 39.4. The maximum absolute atomic E-state index is 5.25. The second-order valence-electron chi connectivity index (χ2n) is 16.4. The second kappa shape index (κ2) is 16.9. The zero-order valence-corrected chi connectivity index (χ0v) is 37.7. The van der Waals surface area contributed by atoms with Crippen molar-refractivity contribution in [2.75, 3.05) is 4.90 Å². The molecule has 7 aromatic rings. The molecule has 0 saturated carbocycles. The summed E-state index contributed by atoms with van der Waals surface area (Å²) in [5.74, 6) is 1.48. The van der Waals surface area contributed by atoms with Gasteiger partial charge in [-0.2, -0.15) is 35.4 Å². The Bertz CT molecular complexity index is 2370. The fourth-order valence-corrected chi connectivity index (χ4v) is 10.2. The molecule has 8 rings (SSSR count). The number of benzene rings is 4. The van der Waals surface area contributed by atoms with Crippen LogP contribution in [0.25, 0.3) is 36.7 Å². The molecule has 1 atom stereocenters. The fourth-order valence-electron chi connectivity index (χ4n) is 7.58. The first kappa shape index (κ1) is 40.5. The van der Waals surface area contributed by atoms with Gasteiger partial charge in [0, 0.05) is 22.3 Å². The van der Waals surface area contributed by atoms with Gasteiger partial charge in [0.15, 0.2) is 0 Å². The fraction of sp³-hybridized carbons (Fsp3) is 0.292. The topological polar surface area (TPSA) is 43.1 Å². The van der Waals surface area contributed by atoms with Crippen molar-refractivity contribution in [1.82, 2.24) is 9.97 Å². The number of hydrogen-bond donors (Lipinski definition) is 0. The number of rotatable bonds is 8. The van der Waals surface area contributed by atoms with Gasteiger partial charge in [-0.05, 0) is 82.3 Å². The van der Waals surface area contributed by atoms with Crippen molar-refractivity contribution in [3.63, 3.8) is 0 Å². The molecule has 282 valence electrons. The van der Waals surface area contributed by atoms with Crippen molar-refractivity contribution in [1.29, 1.82) is 0 Å². The Labute approximate surface area is 346 Å². The van der Waals surface area contributed by atoms with Crippen LogP contribution in [0.5, 0.6) is 0 Å². The van der Waals surface area contributed by atoms with Crippen LogP contribution in [0.15, 0.2) is 110 Å². The third-order valence-electron chi connectivity index (χ3n) is 10.2. The van der Waals surface area contributed by atoms with Gasteiger partial charge in [-0.25, -0.2) is 11.3 Å². The predicted molar refractivity (Wildman–Crippen MR) is 235 cm³/mol. The van der Waals surface area contributed by atoms with Crippen LogP contribution in [0.3, 0.4) is 0 Å². The van der Waals surface area contributed by atoms with Crippen molar-refractivity contribution in [3.8, 4) is 11.3 Å². The minimum absolute atomic E-state index is 0. The summed E-state index contributed by atoms with van der Waals surface area (Å²) in [5, 5.41) is 9.33. The summed E-state index contributed by atoms with van der Waals surface area (Å²) in [4.78, 5) is 11.1. The van der Waals surface area contributed by atoms with E-state index in [1.165, 1.54) is 53.4 Å². The Morgan fingerprint density at radius 2 is 1.51 bits per heavy atom. The van der Waals surface area contributed by atoms with Gasteiger partial charge in [0.05, 0.1) is 8.07 Å². The molecule has 4 aromatic carbocycles. The van der Waals surface area contributed by atoms with Gasteiger partial charge < -0.3 is 15.2 Å². The number of para-hydroxylation sites is 3. The van der Waals surface area contributed by atoms with Crippen LogP contribution >= 0.6 is 11.3 Å². The summed E-state index contributed by atoms with van der Waals surface area (Å²) in [6.45, 7) is 20.8. The van der Waals surface area contributed by atoms with E-state index in [1.54, 1.807) is 12.4 Å². The quantitative estimate of drug-likeness (QED) is 0.113. The zero-order valence-electron chi connectivity index (χ0n) is 33.4. The largest absolute Gasteiger partial charge is 3.00 e. The summed E-state index contributed by atoms with van der Waals surface area (Å²) in [7, 11) is -1.35. The number of pyridine rings is 2. The van der Waals surface area contributed by atoms with E-state index < -0.39 is 8.07 Å². The van der Waals surface area contributed by atoms with Gasteiger partial charge in [-0.3, -0.25) is 4.98 Å². The van der Waals surface area contributed by atoms with Crippen molar-refractivity contribution in [2.45, 2.75) is 85.6 Å². The van der Waals surface area contributed by atoms with E-state index in [1.807, 2.05) is 17.4 Å². The summed E-state index contributed by atoms with van der Waals surface area (Å²) >= 11 is 1.83. The Balaban J connectivity index is 0.000000211. The molecule has 0 N–H and O–H groups in total. The average molecular weight is 936 g/mol. The number of aromatic nitrogens is 2. The maximum atomic E-state index is 5.25. The minimum atomic E-state index is -1.35. The Hall–Kier alpha value is -4.13. The van der Waals surface area contributed by atoms with Crippen LogP contribution in [0.4, 0.5) is 17.1 Å². The molecular formula is C48H51IrN4SSi. The molecule has 55 heavy (non-hydrogen) atoms. The van der Waals surface area contributed by atoms with Gasteiger partial charge in [-0.15, -0.1) is 17.1 Å². The van der Waals surface area contributed by atoms with E-state index in [9.17, 15) is 0 Å². The van der Waals surface area contributed by atoms with Gasteiger partial charge >= 0.3 is 20.1 Å². The van der Waals surface area contributed by atoms with Crippen LogP contribution in [0.2, 0.25) is 19.6 Å². The molecule has 0 bridgehead atoms. The summed E-state index contributed by atoms with van der Waals surface area (Å²) in [6.07, 6.45) is 6.55. The smallest absolute Gasteiger partial charge is 0.661 e. The van der Waals surface area contributed by atoms with Crippen molar-refractivity contribution >= 4 is 61.8 Å². The molecule has 0 radical (unpaired) electrons. The minimum Gasteiger partial charge on any atom is -0.661 e. The third kappa shape index (κ3) is 8.51. The van der Waals surface area contributed by atoms with E-state index in [4.69, 9.17) is 5.32 Å². The van der Waals surface area contributed by atoms with Crippen LogP contribution in [0.1, 0.15) is 81.8 Å². The molecule has 0 spiro atoms. The van der Waals surface area contributed by atoms with Gasteiger partial charge in [0.2, 0.25) is 0 Å². The molecule has 3 aromatic heterocycles. The SMILES string of the molecule is CC(C)Cc1cc(-c2[c-]cncc2)ncc1[Si](C)(C)C.CC(C)c1cccc(C(C)C)c1N1c2ccccc2[N-]C1c1[c-]cc2sc3ccccc3c2c1.[Ir+3]. The van der Waals surface area contributed by atoms with Crippen molar-refractivity contribution in [3.05, 3.63) is 149 Å². The van der Waals surface area contributed by atoms with E-state index in [0.717, 1.165) is 28.9 Å². The average Bonchev–Trinajstić information content (AvgIpc) is 3.72. The molecule has 0 fully saturated rings. The molecule has 1 aliphatic heterocycles. The van der Waals surface area contributed by atoms with E-state index in [-0.39, 0.29) is 26.3 Å². The predicted octanol–water partition coefficient (Wildman–Crippen LogP) is 13.6. The molecule has 4 nitrogen and oxygen atoms in total. The Kier molecular flexibility index (Phi) is 12.5. The molecule has 1 unspecified atom stereocenters. The van der Waals surface area contributed by atoms with Crippen LogP contribution in [-0.4, -0.2) is 18.0 Å². The third-order valence-corrected chi connectivity index (χ3v) is 13.4. The van der Waals surface area contributed by atoms with E-state index in [0.29, 0.717) is 17.8 Å². The zero-order chi connectivity index (χ0) is 38.1. The van der Waals surface area contributed by atoms with E-state index in [2.05, 4.69) is 179 Å². The first-order chi connectivity index (χ1) is 25.9. The summed E-state index contributed by atoms with van der Waals surface area (Å²) < 4.78 is 2.59. The number of thiophene rings is 1. The Morgan fingerprint density at radius 1 is 0.800 bits per heavy atom. The maximum Gasteiger partial charge on any atom is 3.00 e. The monoisotopic (exact) mass is 936 g/mol. The molecule has 1 aliphatic rings. The molecular weight excluding hydrogens is 885 g/mol. The molecule has 7 heteroatoms. The van der Waals surface area contributed by atoms with Crippen molar-refractivity contribution < 1.29 is 20.1 Å². The first-order valence-electron chi connectivity index (χ1n) is 19.3. The van der Waals surface area contributed by atoms with E-state index >= 15 is 0 Å². The van der Waals surface area contributed by atoms with Gasteiger partial charge in [0.25, 0.3) is 0 Å². The van der Waals surface area contributed by atoms with Crippen LogP contribution in [-0.2, 0) is 26.5 Å². The van der Waals surface area contributed by atoms with Gasteiger partial charge in [-0.1, -0.05) is 132 Å². The number of hydrogen-bond acceptors (Lipinski definition) is 4. The molecule has 4 heterocycles. The molecule has 0 saturated heterocycles. The van der Waals surface area contributed by atoms with Crippen LogP contribution < -0.4 is 10.1 Å². The first-order valence-corrected chi connectivity index (χ1v) is 23.6. The number of anilines is 2. The summed E-state index contributed by atoms with van der Waals surface area (Å²) in [5.41, 5.74) is 10.8. The second-order valence-corrected chi connectivity index (χ2v) is 22.6. The number of nitrogens with zero attached hydrogens (tertiary/aromatic N) is 4.